The van der Waals surface area contributed by atoms with Crippen molar-refractivity contribution in [3.8, 4) is 0 Å². The summed E-state index contributed by atoms with van der Waals surface area (Å²) in [6.45, 7) is 0.191. The second-order valence-corrected chi connectivity index (χ2v) is 9.37. The highest BCUT2D eigenvalue weighted by Crippen LogP contribution is 2.28. The second-order valence-electron chi connectivity index (χ2n) is 7.51. The number of anilines is 1. The van der Waals surface area contributed by atoms with Crippen LogP contribution in [0.5, 0.6) is 0 Å². The first kappa shape index (κ1) is 22.9. The van der Waals surface area contributed by atoms with E-state index in [2.05, 4.69) is 4.99 Å². The lowest BCUT2D eigenvalue weighted by molar-refractivity contribution is 0.0697. The number of hydrogen-bond donors (Lipinski definition) is 1. The zero-order valence-electron chi connectivity index (χ0n) is 18.2. The minimum Gasteiger partial charge on any atom is -0.478 e. The Labute approximate surface area is 198 Å². The van der Waals surface area contributed by atoms with E-state index in [-0.39, 0.29) is 17.0 Å². The van der Waals surface area contributed by atoms with Crippen molar-refractivity contribution in [2.45, 2.75) is 11.4 Å². The molecular weight excluding hydrogens is 448 g/mol. The normalized spacial score (nSPS) is 11.4. The van der Waals surface area contributed by atoms with Crippen LogP contribution in [-0.4, -0.2) is 25.7 Å². The molecule has 0 bridgehead atoms. The molecule has 4 aromatic rings. The molecule has 0 saturated heterocycles. The van der Waals surface area contributed by atoms with Crippen molar-refractivity contribution in [3.63, 3.8) is 0 Å². The number of carboxylic acid groups (broad SMARTS) is 1. The van der Waals surface area contributed by atoms with Gasteiger partial charge in [-0.1, -0.05) is 60.7 Å². The number of aliphatic imine (C=N–C) groups is 1. The Balaban J connectivity index is 1.61. The third-order valence-electron chi connectivity index (χ3n) is 5.16. The van der Waals surface area contributed by atoms with Crippen molar-refractivity contribution >= 4 is 33.6 Å². The van der Waals surface area contributed by atoms with E-state index in [9.17, 15) is 13.2 Å². The summed E-state index contributed by atoms with van der Waals surface area (Å²) >= 11 is 0. The van der Waals surface area contributed by atoms with Crippen molar-refractivity contribution in [1.29, 1.82) is 0 Å². The third-order valence-corrected chi connectivity index (χ3v) is 6.95. The lowest BCUT2D eigenvalue weighted by atomic mass is 10.1. The predicted molar refractivity (Wildman–Crippen MR) is 133 cm³/mol. The van der Waals surface area contributed by atoms with Crippen molar-refractivity contribution in [2.24, 2.45) is 4.99 Å². The van der Waals surface area contributed by atoms with Crippen LogP contribution in [0.1, 0.15) is 21.5 Å². The molecule has 170 valence electrons. The van der Waals surface area contributed by atoms with Gasteiger partial charge in [-0.15, -0.1) is 0 Å². The largest absolute Gasteiger partial charge is 0.478 e. The highest BCUT2D eigenvalue weighted by Gasteiger charge is 2.25. The fraction of sp³-hybridized carbons (Fsp3) is 0.0370. The number of nitrogens with zero attached hydrogens (tertiary/aromatic N) is 2. The summed E-state index contributed by atoms with van der Waals surface area (Å²) in [5, 5.41) is 9.00. The number of sulfonamides is 1. The molecule has 0 spiro atoms. The molecule has 0 heterocycles. The quantitative estimate of drug-likeness (QED) is 0.343. The number of carboxylic acids is 1. The van der Waals surface area contributed by atoms with Crippen LogP contribution in [0, 0.1) is 0 Å². The number of rotatable bonds is 8. The number of benzene rings is 4. The van der Waals surface area contributed by atoms with Gasteiger partial charge in [0.2, 0.25) is 0 Å². The van der Waals surface area contributed by atoms with Gasteiger partial charge >= 0.3 is 5.97 Å². The first-order chi connectivity index (χ1) is 16.4. The highest BCUT2D eigenvalue weighted by molar-refractivity contribution is 7.92. The van der Waals surface area contributed by atoms with E-state index in [1.165, 1.54) is 16.4 Å². The molecule has 0 unspecified atom stereocenters. The third kappa shape index (κ3) is 5.39. The summed E-state index contributed by atoms with van der Waals surface area (Å²) in [6, 6.07) is 31.1. The topological polar surface area (TPSA) is 87.0 Å². The monoisotopic (exact) mass is 470 g/mol. The fourth-order valence-corrected chi connectivity index (χ4v) is 4.82. The van der Waals surface area contributed by atoms with Crippen LogP contribution in [-0.2, 0) is 16.6 Å². The Hall–Kier alpha value is -4.23. The zero-order chi connectivity index (χ0) is 24.0. The maximum absolute atomic E-state index is 13.5. The van der Waals surface area contributed by atoms with E-state index in [4.69, 9.17) is 5.11 Å². The molecule has 1 N–H and O–H groups in total. The molecule has 6 nitrogen and oxygen atoms in total. The smallest absolute Gasteiger partial charge is 0.335 e. The lowest BCUT2D eigenvalue weighted by Crippen LogP contribution is -2.30. The number of hydrogen-bond acceptors (Lipinski definition) is 4. The predicted octanol–water partition coefficient (Wildman–Crippen LogP) is 5.53. The van der Waals surface area contributed by atoms with Crippen LogP contribution in [0.4, 0.5) is 11.4 Å². The molecule has 0 saturated carbocycles. The van der Waals surface area contributed by atoms with Gasteiger partial charge in [-0.05, 0) is 59.7 Å². The second kappa shape index (κ2) is 10.1. The molecule has 0 fully saturated rings. The number of aromatic carboxylic acids is 1. The van der Waals surface area contributed by atoms with E-state index in [1.807, 2.05) is 30.3 Å². The molecule has 0 aliphatic rings. The summed E-state index contributed by atoms with van der Waals surface area (Å²) in [6.07, 6.45) is 1.63. The maximum atomic E-state index is 13.5. The maximum Gasteiger partial charge on any atom is 0.335 e. The van der Waals surface area contributed by atoms with E-state index >= 15 is 0 Å². The van der Waals surface area contributed by atoms with Gasteiger partial charge in [0, 0.05) is 6.21 Å². The Kier molecular flexibility index (Phi) is 6.85. The Morgan fingerprint density at radius 1 is 0.794 bits per heavy atom. The molecule has 4 aromatic carbocycles. The van der Waals surface area contributed by atoms with E-state index in [0.717, 1.165) is 11.1 Å². The van der Waals surface area contributed by atoms with Gasteiger partial charge in [0.1, 0.15) is 0 Å². The summed E-state index contributed by atoms with van der Waals surface area (Å²) in [5.41, 5.74) is 3.00. The average molecular weight is 471 g/mol. The molecule has 0 amide bonds. The SMILES string of the molecule is O=C(O)c1ccc(C=Nc2ccc(N(Cc3ccccc3)S(=O)(=O)c3ccccc3)cc2)cc1. The van der Waals surface area contributed by atoms with Crippen LogP contribution < -0.4 is 4.31 Å². The molecule has 7 heteroatoms. The van der Waals surface area contributed by atoms with Gasteiger partial charge in [-0.25, -0.2) is 13.2 Å². The van der Waals surface area contributed by atoms with Crippen LogP contribution in [0.15, 0.2) is 119 Å². The van der Waals surface area contributed by atoms with Crippen LogP contribution in [0.2, 0.25) is 0 Å². The van der Waals surface area contributed by atoms with Crippen molar-refractivity contribution in [3.05, 3.63) is 126 Å². The van der Waals surface area contributed by atoms with Gasteiger partial charge in [0.25, 0.3) is 10.0 Å². The van der Waals surface area contributed by atoms with Crippen LogP contribution >= 0.6 is 0 Å². The molecular formula is C27H22N2O4S. The minimum absolute atomic E-state index is 0.191. The van der Waals surface area contributed by atoms with Crippen LogP contribution in [0.25, 0.3) is 0 Å². The standard InChI is InChI=1S/C27H22N2O4S/c30-27(31)23-13-11-21(12-14-23)19-28-24-15-17-25(18-16-24)29(20-22-7-3-1-4-8-22)34(32,33)26-9-5-2-6-10-26/h1-19H,20H2,(H,30,31). The van der Waals surface area contributed by atoms with Crippen molar-refractivity contribution in [2.75, 3.05) is 4.31 Å². The minimum atomic E-state index is -3.78. The first-order valence-corrected chi connectivity index (χ1v) is 12.0. The van der Waals surface area contributed by atoms with Gasteiger partial charge in [0.15, 0.2) is 0 Å². The number of carbonyl (C=O) groups is 1. The zero-order valence-corrected chi connectivity index (χ0v) is 19.0. The van der Waals surface area contributed by atoms with Gasteiger partial charge in [-0.2, -0.15) is 0 Å². The lowest BCUT2D eigenvalue weighted by Gasteiger charge is -2.25. The van der Waals surface area contributed by atoms with Crippen molar-refractivity contribution in [1.82, 2.24) is 0 Å². The van der Waals surface area contributed by atoms with Gasteiger partial charge < -0.3 is 5.11 Å². The highest BCUT2D eigenvalue weighted by atomic mass is 32.2. The van der Waals surface area contributed by atoms with Gasteiger partial charge in [0.05, 0.1) is 28.4 Å². The molecule has 0 aliphatic carbocycles. The van der Waals surface area contributed by atoms with Crippen molar-refractivity contribution < 1.29 is 18.3 Å². The molecule has 4 rings (SSSR count). The van der Waals surface area contributed by atoms with E-state index in [1.54, 1.807) is 72.9 Å². The Morgan fingerprint density at radius 3 is 1.97 bits per heavy atom. The molecule has 0 radical (unpaired) electrons. The Bertz CT molecular complexity index is 1380. The summed E-state index contributed by atoms with van der Waals surface area (Å²) in [4.78, 5) is 15.6. The van der Waals surface area contributed by atoms with Gasteiger partial charge in [-0.3, -0.25) is 9.30 Å². The Morgan fingerprint density at radius 2 is 1.38 bits per heavy atom. The van der Waals surface area contributed by atoms with E-state index < -0.39 is 16.0 Å². The molecule has 0 atom stereocenters. The van der Waals surface area contributed by atoms with Crippen LogP contribution in [0.3, 0.4) is 0 Å². The molecule has 0 aromatic heterocycles. The fourth-order valence-electron chi connectivity index (χ4n) is 3.35. The molecule has 34 heavy (non-hydrogen) atoms. The summed E-state index contributed by atoms with van der Waals surface area (Å²) in [7, 11) is -3.78. The first-order valence-electron chi connectivity index (χ1n) is 10.5. The molecule has 0 aliphatic heterocycles. The summed E-state index contributed by atoms with van der Waals surface area (Å²) < 4.78 is 28.3. The van der Waals surface area contributed by atoms with E-state index in [0.29, 0.717) is 11.4 Å². The summed E-state index contributed by atoms with van der Waals surface area (Å²) in [5.74, 6) is -0.982. The average Bonchev–Trinajstić information content (AvgIpc) is 2.88.